The van der Waals surface area contributed by atoms with Crippen LogP contribution in [0.3, 0.4) is 0 Å². The zero-order valence-corrected chi connectivity index (χ0v) is 12.0. The minimum atomic E-state index is -1.03. The zero-order chi connectivity index (χ0) is 15.2. The number of hydrogen-bond acceptors (Lipinski definition) is 4. The molecule has 3 unspecified atom stereocenters. The first-order valence-electron chi connectivity index (χ1n) is 7.10. The van der Waals surface area contributed by atoms with Gasteiger partial charge in [0, 0.05) is 31.3 Å². The van der Waals surface area contributed by atoms with E-state index >= 15 is 0 Å². The van der Waals surface area contributed by atoms with Gasteiger partial charge in [-0.1, -0.05) is 0 Å². The summed E-state index contributed by atoms with van der Waals surface area (Å²) >= 11 is 0. The number of aliphatic carboxylic acids is 1. The van der Waals surface area contributed by atoms with E-state index in [-0.39, 0.29) is 24.3 Å². The van der Waals surface area contributed by atoms with Crippen molar-refractivity contribution in [2.75, 3.05) is 6.61 Å². The summed E-state index contributed by atoms with van der Waals surface area (Å²) in [5.41, 5.74) is 0.832. The second-order valence-electron chi connectivity index (χ2n) is 5.36. The third-order valence-corrected chi connectivity index (χ3v) is 3.66. The first-order valence-corrected chi connectivity index (χ1v) is 7.10. The van der Waals surface area contributed by atoms with Crippen LogP contribution in [0.25, 0.3) is 0 Å². The maximum absolute atomic E-state index is 12.2. The van der Waals surface area contributed by atoms with Gasteiger partial charge in [-0.2, -0.15) is 0 Å². The van der Waals surface area contributed by atoms with E-state index in [1.165, 1.54) is 0 Å². The van der Waals surface area contributed by atoms with Crippen LogP contribution in [-0.4, -0.2) is 40.7 Å². The molecule has 1 aromatic rings. The van der Waals surface area contributed by atoms with Crippen molar-refractivity contribution in [1.82, 2.24) is 10.3 Å². The molecule has 0 saturated carbocycles. The first-order chi connectivity index (χ1) is 10.1. The van der Waals surface area contributed by atoms with Crippen molar-refractivity contribution in [2.24, 2.45) is 5.92 Å². The molecule has 6 heteroatoms. The highest BCUT2D eigenvalue weighted by Crippen LogP contribution is 2.20. The van der Waals surface area contributed by atoms with Crippen molar-refractivity contribution >= 4 is 11.9 Å². The Balaban J connectivity index is 1.96. The molecule has 1 aromatic heterocycles. The molecule has 3 atom stereocenters. The van der Waals surface area contributed by atoms with E-state index < -0.39 is 12.0 Å². The number of carbonyl (C=O) groups excluding carboxylic acids is 1. The summed E-state index contributed by atoms with van der Waals surface area (Å²) in [5, 5.41) is 11.9. The maximum Gasteiger partial charge on any atom is 0.326 e. The fourth-order valence-electron chi connectivity index (χ4n) is 2.48. The van der Waals surface area contributed by atoms with Crippen LogP contribution < -0.4 is 5.32 Å². The first kappa shape index (κ1) is 15.4. The summed E-state index contributed by atoms with van der Waals surface area (Å²) in [7, 11) is 0. The largest absolute Gasteiger partial charge is 0.480 e. The topological polar surface area (TPSA) is 88.5 Å². The summed E-state index contributed by atoms with van der Waals surface area (Å²) in [6, 6.07) is 2.58. The Kier molecular flexibility index (Phi) is 5.27. The second-order valence-corrected chi connectivity index (χ2v) is 5.36. The summed E-state index contributed by atoms with van der Waals surface area (Å²) in [5.74, 6) is -1.40. The van der Waals surface area contributed by atoms with E-state index in [1.807, 2.05) is 6.92 Å². The van der Waals surface area contributed by atoms with E-state index in [9.17, 15) is 14.7 Å². The van der Waals surface area contributed by atoms with Gasteiger partial charge in [0.1, 0.15) is 6.04 Å². The Labute approximate surface area is 123 Å². The monoisotopic (exact) mass is 292 g/mol. The molecule has 0 radical (unpaired) electrons. The van der Waals surface area contributed by atoms with Crippen molar-refractivity contribution < 1.29 is 19.4 Å². The number of aromatic nitrogens is 1. The van der Waals surface area contributed by atoms with E-state index in [4.69, 9.17) is 4.74 Å². The third kappa shape index (κ3) is 4.53. The Bertz CT molecular complexity index is 492. The smallest absolute Gasteiger partial charge is 0.326 e. The van der Waals surface area contributed by atoms with Gasteiger partial charge in [-0.3, -0.25) is 9.78 Å². The maximum atomic E-state index is 12.2. The van der Waals surface area contributed by atoms with Crippen molar-refractivity contribution in [2.45, 2.75) is 38.3 Å². The number of nitrogens with one attached hydrogen (secondary N) is 1. The number of nitrogens with zero attached hydrogens (tertiary/aromatic N) is 1. The van der Waals surface area contributed by atoms with E-state index in [2.05, 4.69) is 10.3 Å². The number of hydrogen-bond donors (Lipinski definition) is 2. The number of carboxylic acid groups (broad SMARTS) is 1. The van der Waals surface area contributed by atoms with Gasteiger partial charge in [0.05, 0.1) is 6.10 Å². The van der Waals surface area contributed by atoms with Gasteiger partial charge < -0.3 is 15.2 Å². The SMILES string of the molecule is CC1CC(C(=O)NC(Cc2ccncc2)C(=O)O)CCO1. The lowest BCUT2D eigenvalue weighted by atomic mass is 9.94. The second kappa shape index (κ2) is 7.17. The third-order valence-electron chi connectivity index (χ3n) is 3.66. The van der Waals surface area contributed by atoms with Crippen LogP contribution >= 0.6 is 0 Å². The van der Waals surface area contributed by atoms with Crippen LogP contribution in [0.5, 0.6) is 0 Å². The summed E-state index contributed by atoms with van der Waals surface area (Å²) in [6.07, 6.45) is 4.78. The summed E-state index contributed by atoms with van der Waals surface area (Å²) in [6.45, 7) is 2.46. The Morgan fingerprint density at radius 3 is 2.81 bits per heavy atom. The molecular weight excluding hydrogens is 272 g/mol. The highest BCUT2D eigenvalue weighted by atomic mass is 16.5. The number of carbonyl (C=O) groups is 2. The molecular formula is C15H20N2O4. The fourth-order valence-corrected chi connectivity index (χ4v) is 2.48. The van der Waals surface area contributed by atoms with E-state index in [1.54, 1.807) is 24.5 Å². The van der Waals surface area contributed by atoms with Crippen LogP contribution in [0, 0.1) is 5.92 Å². The molecule has 1 fully saturated rings. The van der Waals surface area contributed by atoms with Gasteiger partial charge in [-0.25, -0.2) is 4.79 Å². The lowest BCUT2D eigenvalue weighted by Crippen LogP contribution is -2.46. The van der Waals surface area contributed by atoms with Gasteiger partial charge in [-0.05, 0) is 37.5 Å². The quantitative estimate of drug-likeness (QED) is 0.845. The lowest BCUT2D eigenvalue weighted by molar-refractivity contribution is -0.143. The van der Waals surface area contributed by atoms with Crippen LogP contribution in [0.15, 0.2) is 24.5 Å². The van der Waals surface area contributed by atoms with E-state index in [0.717, 1.165) is 5.56 Å². The van der Waals surface area contributed by atoms with Gasteiger partial charge >= 0.3 is 5.97 Å². The van der Waals surface area contributed by atoms with Crippen molar-refractivity contribution in [3.8, 4) is 0 Å². The predicted octanol–water partition coefficient (Wildman–Crippen LogP) is 1.01. The standard InChI is InChI=1S/C15H20N2O4/c1-10-8-12(4-7-21-10)14(18)17-13(15(19)20)9-11-2-5-16-6-3-11/h2-3,5-6,10,12-13H,4,7-9H2,1H3,(H,17,18)(H,19,20). The number of carboxylic acids is 1. The Morgan fingerprint density at radius 2 is 2.19 bits per heavy atom. The Morgan fingerprint density at radius 1 is 1.48 bits per heavy atom. The van der Waals surface area contributed by atoms with Crippen LogP contribution in [0.2, 0.25) is 0 Å². The highest BCUT2D eigenvalue weighted by Gasteiger charge is 2.29. The molecule has 114 valence electrons. The molecule has 0 aliphatic carbocycles. The summed E-state index contributed by atoms with van der Waals surface area (Å²) < 4.78 is 5.40. The average molecular weight is 292 g/mol. The molecule has 21 heavy (non-hydrogen) atoms. The molecule has 6 nitrogen and oxygen atoms in total. The average Bonchev–Trinajstić information content (AvgIpc) is 2.47. The van der Waals surface area contributed by atoms with Crippen molar-refractivity contribution in [3.63, 3.8) is 0 Å². The number of rotatable bonds is 5. The molecule has 2 N–H and O–H groups in total. The molecule has 1 aliphatic rings. The number of pyridine rings is 1. The lowest BCUT2D eigenvalue weighted by Gasteiger charge is -2.27. The molecule has 0 aromatic carbocycles. The molecule has 2 rings (SSSR count). The van der Waals surface area contributed by atoms with Crippen molar-refractivity contribution in [3.05, 3.63) is 30.1 Å². The summed E-state index contributed by atoms with van der Waals surface area (Å²) in [4.78, 5) is 27.4. The van der Waals surface area contributed by atoms with Gasteiger partial charge in [-0.15, -0.1) is 0 Å². The molecule has 0 spiro atoms. The molecule has 1 amide bonds. The zero-order valence-electron chi connectivity index (χ0n) is 12.0. The molecule has 1 saturated heterocycles. The number of amides is 1. The normalized spacial score (nSPS) is 23.3. The fraction of sp³-hybridized carbons (Fsp3) is 0.533. The van der Waals surface area contributed by atoms with Gasteiger partial charge in [0.25, 0.3) is 0 Å². The molecule has 2 heterocycles. The molecule has 1 aliphatic heterocycles. The minimum absolute atomic E-state index is 0.0398. The highest BCUT2D eigenvalue weighted by molar-refractivity contribution is 5.85. The van der Waals surface area contributed by atoms with Crippen LogP contribution in [0.1, 0.15) is 25.3 Å². The van der Waals surface area contributed by atoms with Crippen LogP contribution in [0.4, 0.5) is 0 Å². The van der Waals surface area contributed by atoms with E-state index in [0.29, 0.717) is 19.4 Å². The minimum Gasteiger partial charge on any atom is -0.480 e. The van der Waals surface area contributed by atoms with Gasteiger partial charge in [0.15, 0.2) is 0 Å². The van der Waals surface area contributed by atoms with Crippen molar-refractivity contribution in [1.29, 1.82) is 0 Å². The Hall–Kier alpha value is -1.95. The predicted molar refractivity (Wildman–Crippen MR) is 75.6 cm³/mol. The van der Waals surface area contributed by atoms with Gasteiger partial charge in [0.2, 0.25) is 5.91 Å². The van der Waals surface area contributed by atoms with Crippen LogP contribution in [-0.2, 0) is 20.7 Å². The molecule has 0 bridgehead atoms. The number of ether oxygens (including phenoxy) is 1.